The molecule has 1 aliphatic rings. The van der Waals surface area contributed by atoms with Crippen LogP contribution in [0.3, 0.4) is 0 Å². The summed E-state index contributed by atoms with van der Waals surface area (Å²) < 4.78 is 5.22. The lowest BCUT2D eigenvalue weighted by molar-refractivity contribution is 0.246. The van der Waals surface area contributed by atoms with Gasteiger partial charge in [-0.05, 0) is 41.8 Å². The molecular weight excluding hydrogens is 340 g/mol. The average molecular weight is 368 g/mol. The van der Waals surface area contributed by atoms with Crippen molar-refractivity contribution in [3.8, 4) is 11.5 Å². The predicted molar refractivity (Wildman–Crippen MR) is 109 cm³/mol. The van der Waals surface area contributed by atoms with Crippen molar-refractivity contribution in [1.29, 1.82) is 0 Å². The third-order valence-corrected chi connectivity index (χ3v) is 5.18. The van der Waals surface area contributed by atoms with Crippen LogP contribution in [0.4, 0.5) is 5.69 Å². The normalized spacial score (nSPS) is 15.2. The van der Waals surface area contributed by atoms with E-state index in [1.807, 2.05) is 38.1 Å². The highest BCUT2D eigenvalue weighted by Gasteiger charge is 2.19. The lowest BCUT2D eigenvalue weighted by atomic mass is 10.1. The van der Waals surface area contributed by atoms with Crippen molar-refractivity contribution in [3.63, 3.8) is 0 Å². The summed E-state index contributed by atoms with van der Waals surface area (Å²) in [5.41, 5.74) is 2.54. The second kappa shape index (κ2) is 8.44. The minimum absolute atomic E-state index is 0.125. The van der Waals surface area contributed by atoms with Crippen LogP contribution in [0, 0.1) is 0 Å². The zero-order valence-corrected chi connectivity index (χ0v) is 16.3. The first kappa shape index (κ1) is 19.2. The summed E-state index contributed by atoms with van der Waals surface area (Å²) in [7, 11) is 1.67. The molecule has 1 heterocycles. The highest BCUT2D eigenvalue weighted by atomic mass is 16.5. The van der Waals surface area contributed by atoms with Crippen molar-refractivity contribution in [2.45, 2.75) is 26.3 Å². The molecule has 0 unspecified atom stereocenters. The van der Waals surface area contributed by atoms with Gasteiger partial charge in [0.15, 0.2) is 5.75 Å². The van der Waals surface area contributed by atoms with Crippen LogP contribution in [0.5, 0.6) is 11.5 Å². The van der Waals surface area contributed by atoms with E-state index in [0.717, 1.165) is 37.5 Å². The quantitative estimate of drug-likeness (QED) is 0.878. The van der Waals surface area contributed by atoms with E-state index in [0.29, 0.717) is 12.1 Å². The van der Waals surface area contributed by atoms with Crippen LogP contribution >= 0.6 is 0 Å². The van der Waals surface area contributed by atoms with Crippen LogP contribution in [0.2, 0.25) is 0 Å². The van der Waals surface area contributed by atoms with Gasteiger partial charge < -0.3 is 14.7 Å². The lowest BCUT2D eigenvalue weighted by Gasteiger charge is -2.36. The average Bonchev–Trinajstić information content (AvgIpc) is 2.82. The van der Waals surface area contributed by atoms with Gasteiger partial charge in [-0.25, -0.2) is 0 Å². The molecule has 0 atom stereocenters. The van der Waals surface area contributed by atoms with Gasteiger partial charge in [0.1, 0.15) is 5.75 Å². The summed E-state index contributed by atoms with van der Waals surface area (Å²) in [5.74, 6) is 0.990. The highest BCUT2D eigenvalue weighted by Crippen LogP contribution is 2.22. The van der Waals surface area contributed by atoms with Gasteiger partial charge in [-0.2, -0.15) is 0 Å². The Balaban J connectivity index is 1.66. The number of hydrogen-bond acceptors (Lipinski definition) is 5. The Morgan fingerprint density at radius 3 is 2.30 bits per heavy atom. The number of methoxy groups -OCH3 is 1. The van der Waals surface area contributed by atoms with Crippen molar-refractivity contribution >= 4 is 5.69 Å². The van der Waals surface area contributed by atoms with Crippen LogP contribution in [0.1, 0.15) is 30.9 Å². The molecule has 2 aromatic carbocycles. The minimum atomic E-state index is -0.296. The molecular formula is C22H28N2O3. The zero-order chi connectivity index (χ0) is 19.4. The van der Waals surface area contributed by atoms with E-state index in [4.69, 9.17) is 4.74 Å². The monoisotopic (exact) mass is 368 g/mol. The smallest absolute Gasteiger partial charge is 0.220 e. The molecule has 1 saturated heterocycles. The topological polar surface area (TPSA) is 53.0 Å². The van der Waals surface area contributed by atoms with E-state index >= 15 is 0 Å². The van der Waals surface area contributed by atoms with E-state index < -0.39 is 0 Å². The summed E-state index contributed by atoms with van der Waals surface area (Å²) in [6.45, 7) is 8.27. The van der Waals surface area contributed by atoms with Crippen molar-refractivity contribution in [1.82, 2.24) is 4.90 Å². The molecule has 0 amide bonds. The molecule has 1 N–H and O–H groups in total. The summed E-state index contributed by atoms with van der Waals surface area (Å²) in [6, 6.07) is 13.5. The summed E-state index contributed by atoms with van der Waals surface area (Å²) in [6.07, 6.45) is 0. The van der Waals surface area contributed by atoms with Gasteiger partial charge in [0, 0.05) is 44.0 Å². The Hall–Kier alpha value is -2.53. The Morgan fingerprint density at radius 1 is 1.04 bits per heavy atom. The summed E-state index contributed by atoms with van der Waals surface area (Å²) in [4.78, 5) is 16.8. The summed E-state index contributed by atoms with van der Waals surface area (Å²) >= 11 is 0. The third-order valence-electron chi connectivity index (χ3n) is 5.18. The SMILES string of the molecule is COc1ccc(N2CCN(Cc3ccc(C(C)C)cc(=O)c3O)CC2)cc1. The first-order valence-corrected chi connectivity index (χ1v) is 9.45. The molecule has 0 aromatic heterocycles. The van der Waals surface area contributed by atoms with Gasteiger partial charge in [0.2, 0.25) is 5.43 Å². The molecule has 0 bridgehead atoms. The number of rotatable bonds is 5. The molecule has 5 heteroatoms. The number of anilines is 1. The molecule has 27 heavy (non-hydrogen) atoms. The van der Waals surface area contributed by atoms with Crippen LogP contribution in [-0.4, -0.2) is 43.3 Å². The third kappa shape index (κ3) is 4.61. The molecule has 0 aliphatic carbocycles. The fraction of sp³-hybridized carbons (Fsp3) is 0.409. The molecule has 1 aliphatic heterocycles. The second-order valence-electron chi connectivity index (χ2n) is 7.33. The largest absolute Gasteiger partial charge is 0.504 e. The van der Waals surface area contributed by atoms with Crippen molar-refractivity contribution in [2.75, 3.05) is 38.2 Å². The molecule has 0 saturated carbocycles. The first-order valence-electron chi connectivity index (χ1n) is 9.45. The number of ether oxygens (including phenoxy) is 1. The fourth-order valence-electron chi connectivity index (χ4n) is 3.39. The molecule has 144 valence electrons. The van der Waals surface area contributed by atoms with Crippen LogP contribution in [-0.2, 0) is 6.54 Å². The Bertz CT molecular complexity index is 826. The minimum Gasteiger partial charge on any atom is -0.504 e. The Labute approximate surface area is 160 Å². The van der Waals surface area contributed by atoms with E-state index in [1.165, 1.54) is 5.69 Å². The maximum atomic E-state index is 12.2. The van der Waals surface area contributed by atoms with Crippen LogP contribution < -0.4 is 15.1 Å². The van der Waals surface area contributed by atoms with Crippen LogP contribution in [0.25, 0.3) is 0 Å². The van der Waals surface area contributed by atoms with E-state index in [9.17, 15) is 9.90 Å². The lowest BCUT2D eigenvalue weighted by Crippen LogP contribution is -2.46. The van der Waals surface area contributed by atoms with Gasteiger partial charge in [0.05, 0.1) is 7.11 Å². The maximum absolute atomic E-state index is 12.2. The van der Waals surface area contributed by atoms with Crippen molar-refractivity contribution in [3.05, 3.63) is 63.8 Å². The molecule has 0 radical (unpaired) electrons. The van der Waals surface area contributed by atoms with Gasteiger partial charge in [-0.1, -0.05) is 26.0 Å². The number of piperazine rings is 1. The molecule has 3 rings (SSSR count). The molecule has 2 aromatic rings. The fourth-order valence-corrected chi connectivity index (χ4v) is 3.39. The van der Waals surface area contributed by atoms with Gasteiger partial charge in [-0.15, -0.1) is 0 Å². The Kier molecular flexibility index (Phi) is 6.01. The second-order valence-corrected chi connectivity index (χ2v) is 7.33. The van der Waals surface area contributed by atoms with Crippen molar-refractivity contribution in [2.24, 2.45) is 0 Å². The summed E-state index contributed by atoms with van der Waals surface area (Å²) in [5, 5.41) is 10.3. The first-order chi connectivity index (χ1) is 13.0. The molecule has 0 spiro atoms. The van der Waals surface area contributed by atoms with Crippen molar-refractivity contribution < 1.29 is 9.84 Å². The number of aromatic hydroxyl groups is 1. The number of hydrogen-bond donors (Lipinski definition) is 1. The zero-order valence-electron chi connectivity index (χ0n) is 16.3. The van der Waals surface area contributed by atoms with Gasteiger partial charge in [-0.3, -0.25) is 9.69 Å². The standard InChI is InChI=1S/C22H28N2O3/c1-16(2)17-4-5-18(22(26)21(25)14-17)15-23-10-12-24(13-11-23)19-6-8-20(27-3)9-7-19/h4-9,14,16H,10-13,15H2,1-3H3,(H,25,26). The Morgan fingerprint density at radius 2 is 1.70 bits per heavy atom. The number of nitrogens with zero attached hydrogens (tertiary/aromatic N) is 2. The number of benzene rings is 1. The van der Waals surface area contributed by atoms with Gasteiger partial charge in [0.25, 0.3) is 0 Å². The predicted octanol–water partition coefficient (Wildman–Crippen LogP) is 3.21. The molecule has 1 fully saturated rings. The molecule has 5 nitrogen and oxygen atoms in total. The van der Waals surface area contributed by atoms with Gasteiger partial charge >= 0.3 is 0 Å². The highest BCUT2D eigenvalue weighted by molar-refractivity contribution is 5.49. The van der Waals surface area contributed by atoms with E-state index in [-0.39, 0.29) is 17.1 Å². The van der Waals surface area contributed by atoms with E-state index in [2.05, 4.69) is 21.9 Å². The van der Waals surface area contributed by atoms with E-state index in [1.54, 1.807) is 13.2 Å². The van der Waals surface area contributed by atoms with Crippen LogP contribution in [0.15, 0.2) is 47.3 Å². The maximum Gasteiger partial charge on any atom is 0.220 e.